The second kappa shape index (κ2) is 9.67. The summed E-state index contributed by atoms with van der Waals surface area (Å²) in [6, 6.07) is 9.94. The van der Waals surface area contributed by atoms with Crippen LogP contribution in [-0.2, 0) is 11.3 Å². The molecule has 0 saturated heterocycles. The first-order chi connectivity index (χ1) is 8.83. The Balaban J connectivity index is 2.02. The maximum atomic E-state index is 9.66. The number of benzene rings is 1. The van der Waals surface area contributed by atoms with E-state index in [0.717, 1.165) is 18.5 Å². The minimum absolute atomic E-state index is 0.349. The summed E-state index contributed by atoms with van der Waals surface area (Å²) in [7, 11) is 0. The standard InChI is InChI=1S/C15H21NO2/c1-2-3-7-10-16-11-15(17)13-18-12-14-8-5-4-6-9-14/h4-6,8-9,15-17H,7,10-13H2,1H3. The number of nitrogens with one attached hydrogen (secondary N) is 1. The number of hydrogen-bond donors (Lipinski definition) is 2. The molecule has 98 valence electrons. The number of hydrogen-bond acceptors (Lipinski definition) is 3. The fraction of sp³-hybridized carbons (Fsp3) is 0.467. The molecule has 1 rings (SSSR count). The summed E-state index contributed by atoms with van der Waals surface area (Å²) in [5.41, 5.74) is 1.12. The fourth-order valence-corrected chi connectivity index (χ4v) is 1.49. The van der Waals surface area contributed by atoms with E-state index in [1.54, 1.807) is 0 Å². The lowest BCUT2D eigenvalue weighted by Crippen LogP contribution is -2.30. The van der Waals surface area contributed by atoms with E-state index in [0.29, 0.717) is 19.8 Å². The Morgan fingerprint density at radius 3 is 2.83 bits per heavy atom. The van der Waals surface area contributed by atoms with Crippen molar-refractivity contribution >= 4 is 0 Å². The lowest BCUT2D eigenvalue weighted by atomic mass is 10.2. The van der Waals surface area contributed by atoms with Gasteiger partial charge in [0.2, 0.25) is 0 Å². The molecule has 0 spiro atoms. The van der Waals surface area contributed by atoms with Crippen molar-refractivity contribution in [2.24, 2.45) is 0 Å². The monoisotopic (exact) mass is 247 g/mol. The highest BCUT2D eigenvalue weighted by molar-refractivity contribution is 5.13. The summed E-state index contributed by atoms with van der Waals surface area (Å²) in [5.74, 6) is 5.79. The predicted molar refractivity (Wildman–Crippen MR) is 73.0 cm³/mol. The second-order valence-corrected chi connectivity index (χ2v) is 4.04. The number of rotatable bonds is 8. The van der Waals surface area contributed by atoms with E-state index in [2.05, 4.69) is 17.2 Å². The average Bonchev–Trinajstić information content (AvgIpc) is 2.40. The van der Waals surface area contributed by atoms with E-state index in [1.807, 2.05) is 37.3 Å². The van der Waals surface area contributed by atoms with Crippen molar-refractivity contribution in [2.75, 3.05) is 19.7 Å². The zero-order valence-corrected chi connectivity index (χ0v) is 10.9. The maximum Gasteiger partial charge on any atom is 0.0897 e. The third-order valence-corrected chi connectivity index (χ3v) is 2.41. The van der Waals surface area contributed by atoms with Crippen molar-refractivity contribution in [3.05, 3.63) is 35.9 Å². The van der Waals surface area contributed by atoms with Gasteiger partial charge in [0.15, 0.2) is 0 Å². The molecule has 1 unspecified atom stereocenters. The van der Waals surface area contributed by atoms with Gasteiger partial charge in [0.1, 0.15) is 0 Å². The molecule has 0 fully saturated rings. The van der Waals surface area contributed by atoms with Crippen LogP contribution in [-0.4, -0.2) is 30.9 Å². The van der Waals surface area contributed by atoms with Gasteiger partial charge in [-0.1, -0.05) is 30.3 Å². The summed E-state index contributed by atoms with van der Waals surface area (Å²) >= 11 is 0. The van der Waals surface area contributed by atoms with Gasteiger partial charge in [-0.15, -0.1) is 11.8 Å². The summed E-state index contributed by atoms with van der Waals surface area (Å²) in [5, 5.41) is 12.8. The van der Waals surface area contributed by atoms with Crippen molar-refractivity contribution < 1.29 is 9.84 Å². The summed E-state index contributed by atoms with van der Waals surface area (Å²) in [6.45, 7) is 4.06. The Morgan fingerprint density at radius 1 is 1.33 bits per heavy atom. The van der Waals surface area contributed by atoms with E-state index in [-0.39, 0.29) is 0 Å². The molecule has 0 radical (unpaired) electrons. The largest absolute Gasteiger partial charge is 0.389 e. The van der Waals surface area contributed by atoms with E-state index in [4.69, 9.17) is 4.74 Å². The summed E-state index contributed by atoms with van der Waals surface area (Å²) in [4.78, 5) is 0. The summed E-state index contributed by atoms with van der Waals surface area (Å²) in [6.07, 6.45) is 0.344. The van der Waals surface area contributed by atoms with Gasteiger partial charge in [-0.05, 0) is 12.5 Å². The van der Waals surface area contributed by atoms with Crippen molar-refractivity contribution in [1.82, 2.24) is 5.32 Å². The Morgan fingerprint density at radius 2 is 2.11 bits per heavy atom. The van der Waals surface area contributed by atoms with Gasteiger partial charge < -0.3 is 15.2 Å². The van der Waals surface area contributed by atoms with Crippen LogP contribution >= 0.6 is 0 Å². The Bertz CT molecular complexity index is 367. The molecule has 3 heteroatoms. The van der Waals surface area contributed by atoms with Gasteiger partial charge >= 0.3 is 0 Å². The Kier molecular flexibility index (Phi) is 7.90. The highest BCUT2D eigenvalue weighted by Crippen LogP contribution is 2.00. The van der Waals surface area contributed by atoms with Gasteiger partial charge in [0, 0.05) is 19.5 Å². The van der Waals surface area contributed by atoms with Crippen LogP contribution in [0.15, 0.2) is 30.3 Å². The van der Waals surface area contributed by atoms with Crippen molar-refractivity contribution in [3.8, 4) is 11.8 Å². The van der Waals surface area contributed by atoms with E-state index >= 15 is 0 Å². The quantitative estimate of drug-likeness (QED) is 0.541. The van der Waals surface area contributed by atoms with Crippen molar-refractivity contribution in [3.63, 3.8) is 0 Å². The van der Waals surface area contributed by atoms with E-state index in [1.165, 1.54) is 0 Å². The fourth-order valence-electron chi connectivity index (χ4n) is 1.49. The van der Waals surface area contributed by atoms with Gasteiger partial charge in [0.25, 0.3) is 0 Å². The molecule has 0 aliphatic rings. The summed E-state index contributed by atoms with van der Waals surface area (Å²) < 4.78 is 5.44. The van der Waals surface area contributed by atoms with Crippen LogP contribution in [0, 0.1) is 11.8 Å². The van der Waals surface area contributed by atoms with E-state index < -0.39 is 6.10 Å². The van der Waals surface area contributed by atoms with E-state index in [9.17, 15) is 5.11 Å². The predicted octanol–water partition coefficient (Wildman–Crippen LogP) is 1.57. The van der Waals surface area contributed by atoms with Crippen LogP contribution in [0.4, 0.5) is 0 Å². The minimum atomic E-state index is -0.469. The van der Waals surface area contributed by atoms with Crippen LogP contribution in [0.5, 0.6) is 0 Å². The zero-order valence-electron chi connectivity index (χ0n) is 10.9. The molecule has 0 aliphatic heterocycles. The van der Waals surface area contributed by atoms with Crippen molar-refractivity contribution in [2.45, 2.75) is 26.1 Å². The molecule has 0 amide bonds. The van der Waals surface area contributed by atoms with Gasteiger partial charge in [-0.25, -0.2) is 0 Å². The molecule has 0 saturated carbocycles. The first-order valence-corrected chi connectivity index (χ1v) is 6.23. The Labute approximate surface area is 109 Å². The molecule has 0 bridgehead atoms. The zero-order chi connectivity index (χ0) is 13.1. The molecule has 3 nitrogen and oxygen atoms in total. The molecule has 2 N–H and O–H groups in total. The molecule has 1 aromatic carbocycles. The van der Waals surface area contributed by atoms with Crippen LogP contribution in [0.3, 0.4) is 0 Å². The molecule has 1 aromatic rings. The highest BCUT2D eigenvalue weighted by atomic mass is 16.5. The van der Waals surface area contributed by atoms with Crippen molar-refractivity contribution in [1.29, 1.82) is 0 Å². The first kappa shape index (κ1) is 14.7. The molecule has 0 aromatic heterocycles. The molecule has 1 atom stereocenters. The van der Waals surface area contributed by atoms with Gasteiger partial charge in [0.05, 0.1) is 19.3 Å². The average molecular weight is 247 g/mol. The smallest absolute Gasteiger partial charge is 0.0897 e. The minimum Gasteiger partial charge on any atom is -0.389 e. The lowest BCUT2D eigenvalue weighted by Gasteiger charge is -2.11. The third-order valence-electron chi connectivity index (χ3n) is 2.41. The van der Waals surface area contributed by atoms with Crippen LogP contribution in [0.1, 0.15) is 18.9 Å². The molecule has 18 heavy (non-hydrogen) atoms. The topological polar surface area (TPSA) is 41.5 Å². The highest BCUT2D eigenvalue weighted by Gasteiger charge is 2.03. The van der Waals surface area contributed by atoms with Crippen LogP contribution in [0.2, 0.25) is 0 Å². The normalized spacial score (nSPS) is 11.7. The number of aliphatic hydroxyl groups is 1. The Hall–Kier alpha value is -1.34. The third kappa shape index (κ3) is 7.08. The first-order valence-electron chi connectivity index (χ1n) is 6.23. The van der Waals surface area contributed by atoms with Crippen LogP contribution in [0.25, 0.3) is 0 Å². The molecular formula is C15H21NO2. The SMILES string of the molecule is CC#CCCNCC(O)COCc1ccccc1. The lowest BCUT2D eigenvalue weighted by molar-refractivity contribution is 0.0290. The van der Waals surface area contributed by atoms with Crippen LogP contribution < -0.4 is 5.32 Å². The van der Waals surface area contributed by atoms with Gasteiger partial charge in [-0.2, -0.15) is 0 Å². The molecular weight excluding hydrogens is 226 g/mol. The molecule has 0 heterocycles. The molecule has 0 aliphatic carbocycles. The maximum absolute atomic E-state index is 9.66. The number of aliphatic hydroxyl groups excluding tert-OH is 1. The second-order valence-electron chi connectivity index (χ2n) is 4.04. The van der Waals surface area contributed by atoms with Gasteiger partial charge in [-0.3, -0.25) is 0 Å². The number of ether oxygens (including phenoxy) is 1.